The lowest BCUT2D eigenvalue weighted by Crippen LogP contribution is -2.41. The van der Waals surface area contributed by atoms with E-state index in [1.807, 2.05) is 67.6 Å². The number of aryl methyl sites for hydroxylation is 1. The van der Waals surface area contributed by atoms with Gasteiger partial charge in [-0.25, -0.2) is 10.0 Å². The Labute approximate surface area is 179 Å². The zero-order valence-electron chi connectivity index (χ0n) is 16.6. The molecule has 3 aromatic carbocycles. The van der Waals surface area contributed by atoms with Crippen molar-refractivity contribution in [2.75, 3.05) is 15.8 Å². The monoisotopic (exact) mass is 418 g/mol. The first-order chi connectivity index (χ1) is 14.6. The van der Waals surface area contributed by atoms with E-state index < -0.39 is 17.1 Å². The third kappa shape index (κ3) is 3.84. The number of hydrogen-bond donors (Lipinski definition) is 0. The Morgan fingerprint density at radius 1 is 0.800 bits per heavy atom. The van der Waals surface area contributed by atoms with E-state index in [2.05, 4.69) is 0 Å². The Morgan fingerprint density at radius 2 is 1.37 bits per heavy atom. The molecule has 1 heterocycles. The van der Waals surface area contributed by atoms with Gasteiger partial charge in [-0.2, -0.15) is 0 Å². The molecule has 0 saturated carbocycles. The van der Waals surface area contributed by atoms with Crippen LogP contribution in [-0.2, 0) is 20.8 Å². The topological polar surface area (TPSA) is 63.7 Å². The molecule has 1 aliphatic rings. The van der Waals surface area contributed by atoms with Gasteiger partial charge >= 0.3 is 0 Å². The van der Waals surface area contributed by atoms with Crippen molar-refractivity contribution in [1.82, 2.24) is 0 Å². The molecule has 2 amide bonds. The predicted octanol–water partition coefficient (Wildman–Crippen LogP) is 4.10. The molecule has 0 spiro atoms. The molecule has 2 unspecified atom stereocenters. The predicted molar refractivity (Wildman–Crippen MR) is 118 cm³/mol. The van der Waals surface area contributed by atoms with Gasteiger partial charge in [-0.15, -0.1) is 0 Å². The molecular formula is C24H22N2O3S. The summed E-state index contributed by atoms with van der Waals surface area (Å²) in [4.78, 5) is 27.4. The number of amides is 2. The Balaban J connectivity index is 1.64. The van der Waals surface area contributed by atoms with Crippen LogP contribution in [0.25, 0.3) is 0 Å². The standard InChI is InChI=1S/C24H22N2O3S/c1-18-10-8-9-15-22(18)26-24(28)21(16-17-30(29)20-13-6-3-7-14-20)23(27)25(26)19-11-4-2-5-12-19/h2-15,21H,16-17H2,1H3. The van der Waals surface area contributed by atoms with Crippen LogP contribution in [0.2, 0.25) is 0 Å². The van der Waals surface area contributed by atoms with Crippen LogP contribution in [0.1, 0.15) is 12.0 Å². The number of benzene rings is 3. The largest absolute Gasteiger partial charge is 0.611 e. The van der Waals surface area contributed by atoms with E-state index in [0.29, 0.717) is 16.3 Å². The molecule has 1 aliphatic heterocycles. The molecule has 2 atom stereocenters. The summed E-state index contributed by atoms with van der Waals surface area (Å²) < 4.78 is 12.6. The molecule has 4 rings (SSSR count). The summed E-state index contributed by atoms with van der Waals surface area (Å²) in [5.41, 5.74) is 2.20. The highest BCUT2D eigenvalue weighted by atomic mass is 32.2. The second-order valence-electron chi connectivity index (χ2n) is 7.13. The Morgan fingerprint density at radius 3 is 2.03 bits per heavy atom. The number of para-hydroxylation sites is 2. The molecule has 152 valence electrons. The second-order valence-corrected chi connectivity index (χ2v) is 8.70. The van der Waals surface area contributed by atoms with Crippen LogP contribution in [0, 0.1) is 12.8 Å². The summed E-state index contributed by atoms with van der Waals surface area (Å²) in [7, 11) is 0. The number of hydrogen-bond acceptors (Lipinski definition) is 3. The van der Waals surface area contributed by atoms with Gasteiger partial charge in [0.05, 0.1) is 11.4 Å². The maximum atomic E-state index is 13.4. The smallest absolute Gasteiger partial charge is 0.259 e. The lowest BCUT2D eigenvalue weighted by Gasteiger charge is -2.28. The second kappa shape index (κ2) is 8.73. The van der Waals surface area contributed by atoms with Gasteiger partial charge in [0.1, 0.15) is 11.7 Å². The minimum atomic E-state index is -1.27. The summed E-state index contributed by atoms with van der Waals surface area (Å²) >= 11 is -1.27. The molecule has 3 aromatic rings. The highest BCUT2D eigenvalue weighted by molar-refractivity contribution is 7.91. The summed E-state index contributed by atoms with van der Waals surface area (Å²) in [5.74, 6) is -1.20. The van der Waals surface area contributed by atoms with Crippen LogP contribution < -0.4 is 10.0 Å². The molecule has 0 N–H and O–H groups in total. The number of carbonyl (C=O) groups excluding carboxylic acids is 2. The van der Waals surface area contributed by atoms with Gasteiger partial charge in [-0.05, 0) is 54.0 Å². The highest BCUT2D eigenvalue weighted by Crippen LogP contribution is 2.35. The Kier molecular flexibility index (Phi) is 5.88. The minimum absolute atomic E-state index is 0.227. The van der Waals surface area contributed by atoms with E-state index >= 15 is 0 Å². The van der Waals surface area contributed by atoms with Crippen molar-refractivity contribution >= 4 is 34.4 Å². The zero-order chi connectivity index (χ0) is 21.1. The molecule has 1 saturated heterocycles. The first-order valence-electron chi connectivity index (χ1n) is 9.80. The average Bonchev–Trinajstić information content (AvgIpc) is 3.03. The van der Waals surface area contributed by atoms with Crippen LogP contribution >= 0.6 is 0 Å². The summed E-state index contributed by atoms with van der Waals surface area (Å²) in [6.45, 7) is 1.91. The normalized spacial score (nSPS) is 17.5. The Bertz CT molecular complexity index is 1040. The lowest BCUT2D eigenvalue weighted by molar-refractivity contribution is -0.127. The fourth-order valence-corrected chi connectivity index (χ4v) is 4.75. The van der Waals surface area contributed by atoms with E-state index in [0.717, 1.165) is 5.56 Å². The maximum Gasteiger partial charge on any atom is 0.259 e. The van der Waals surface area contributed by atoms with Crippen molar-refractivity contribution in [2.24, 2.45) is 5.92 Å². The summed E-state index contributed by atoms with van der Waals surface area (Å²) in [6, 6.07) is 25.8. The van der Waals surface area contributed by atoms with Crippen molar-refractivity contribution in [1.29, 1.82) is 0 Å². The molecular weight excluding hydrogens is 396 g/mol. The summed E-state index contributed by atoms with van der Waals surface area (Å²) in [6.07, 6.45) is 0.227. The van der Waals surface area contributed by atoms with Crippen molar-refractivity contribution in [3.63, 3.8) is 0 Å². The van der Waals surface area contributed by atoms with Crippen molar-refractivity contribution < 1.29 is 14.1 Å². The van der Waals surface area contributed by atoms with Gasteiger partial charge in [0.15, 0.2) is 4.90 Å². The van der Waals surface area contributed by atoms with Crippen molar-refractivity contribution in [2.45, 2.75) is 18.2 Å². The van der Waals surface area contributed by atoms with Crippen LogP contribution in [0.15, 0.2) is 89.8 Å². The quantitative estimate of drug-likeness (QED) is 0.447. The number of rotatable bonds is 6. The van der Waals surface area contributed by atoms with Gasteiger partial charge in [0, 0.05) is 6.42 Å². The zero-order valence-corrected chi connectivity index (χ0v) is 17.4. The molecule has 30 heavy (non-hydrogen) atoms. The van der Waals surface area contributed by atoms with Crippen LogP contribution in [0.4, 0.5) is 11.4 Å². The molecule has 0 aromatic heterocycles. The van der Waals surface area contributed by atoms with Gasteiger partial charge in [-0.1, -0.05) is 54.6 Å². The summed E-state index contributed by atoms with van der Waals surface area (Å²) in [5, 5.41) is 2.91. The fourth-order valence-electron chi connectivity index (χ4n) is 3.60. The van der Waals surface area contributed by atoms with Crippen molar-refractivity contribution in [3.05, 3.63) is 90.5 Å². The van der Waals surface area contributed by atoms with E-state index in [1.165, 1.54) is 10.0 Å². The van der Waals surface area contributed by atoms with Gasteiger partial charge in [0.2, 0.25) is 0 Å². The first-order valence-corrected chi connectivity index (χ1v) is 11.1. The molecule has 0 aliphatic carbocycles. The molecule has 1 fully saturated rings. The molecule has 6 heteroatoms. The van der Waals surface area contributed by atoms with E-state index in [-0.39, 0.29) is 24.0 Å². The fraction of sp³-hybridized carbons (Fsp3) is 0.167. The van der Waals surface area contributed by atoms with Gasteiger partial charge in [-0.3, -0.25) is 9.59 Å². The van der Waals surface area contributed by atoms with Gasteiger partial charge < -0.3 is 4.55 Å². The third-order valence-corrected chi connectivity index (χ3v) is 6.56. The number of anilines is 2. The van der Waals surface area contributed by atoms with Gasteiger partial charge in [0.25, 0.3) is 11.8 Å². The Hall–Kier alpha value is -3.09. The first kappa shape index (κ1) is 20.2. The maximum absolute atomic E-state index is 13.4. The third-order valence-electron chi connectivity index (χ3n) is 5.16. The minimum Gasteiger partial charge on any atom is -0.611 e. The average molecular weight is 419 g/mol. The SMILES string of the molecule is Cc1ccccc1N1C(=O)C(CC[S+]([O-])c2ccccc2)C(=O)N1c1ccccc1. The van der Waals surface area contributed by atoms with Crippen molar-refractivity contribution in [3.8, 4) is 0 Å². The molecule has 0 radical (unpaired) electrons. The van der Waals surface area contributed by atoms with E-state index in [1.54, 1.807) is 24.3 Å². The molecule has 0 bridgehead atoms. The number of carbonyl (C=O) groups is 2. The highest BCUT2D eigenvalue weighted by Gasteiger charge is 2.47. The lowest BCUT2D eigenvalue weighted by atomic mass is 10.1. The molecule has 5 nitrogen and oxygen atoms in total. The van der Waals surface area contributed by atoms with Crippen LogP contribution in [0.3, 0.4) is 0 Å². The van der Waals surface area contributed by atoms with E-state index in [4.69, 9.17) is 0 Å². The van der Waals surface area contributed by atoms with E-state index in [9.17, 15) is 14.1 Å². The van der Waals surface area contributed by atoms with Crippen LogP contribution in [-0.4, -0.2) is 22.1 Å². The number of hydrazine groups is 1. The number of nitrogens with zero attached hydrogens (tertiary/aromatic N) is 2. The van der Waals surface area contributed by atoms with Crippen LogP contribution in [0.5, 0.6) is 0 Å².